The summed E-state index contributed by atoms with van der Waals surface area (Å²) in [5, 5.41) is 13.0. The predicted molar refractivity (Wildman–Crippen MR) is 99.2 cm³/mol. The molecule has 25 heavy (non-hydrogen) atoms. The van der Waals surface area contributed by atoms with E-state index in [1.807, 2.05) is 0 Å². The van der Waals surface area contributed by atoms with Gasteiger partial charge in [0.2, 0.25) is 10.0 Å². The van der Waals surface area contributed by atoms with Crippen molar-refractivity contribution in [2.24, 2.45) is 11.8 Å². The fourth-order valence-electron chi connectivity index (χ4n) is 3.40. The monoisotopic (exact) mass is 368 g/mol. The zero-order valence-corrected chi connectivity index (χ0v) is 15.9. The predicted octanol–water partition coefficient (Wildman–Crippen LogP) is 3.10. The fraction of sp³-hybridized carbons (Fsp3) is 0.611. The zero-order valence-electron chi connectivity index (χ0n) is 15.1. The van der Waals surface area contributed by atoms with Crippen LogP contribution in [0.1, 0.15) is 56.3 Å². The maximum Gasteiger partial charge on any atom is 0.255 e. The number of hydrogen-bond donors (Lipinski definition) is 3. The second kappa shape index (κ2) is 8.08. The number of phenols is 1. The van der Waals surface area contributed by atoms with Crippen LogP contribution >= 0.6 is 0 Å². The average molecular weight is 368 g/mol. The number of hydrogen-bond acceptors (Lipinski definition) is 4. The lowest BCUT2D eigenvalue weighted by Gasteiger charge is -2.19. The average Bonchev–Trinajstić information content (AvgIpc) is 2.73. The van der Waals surface area contributed by atoms with Crippen LogP contribution in [0.2, 0.25) is 0 Å². The Balaban J connectivity index is 2.06. The zero-order chi connectivity index (χ0) is 18.6. The Morgan fingerprint density at radius 1 is 1.20 bits per heavy atom. The normalized spacial score (nSPS) is 21.6. The molecule has 6 nitrogen and oxygen atoms in total. The lowest BCUT2D eigenvalue weighted by molar-refractivity contribution is 0.0930. The molecule has 0 bridgehead atoms. The first-order chi connectivity index (χ1) is 11.7. The molecule has 2 atom stereocenters. The summed E-state index contributed by atoms with van der Waals surface area (Å²) in [6, 6.07) is 4.19. The molecule has 1 aliphatic carbocycles. The molecule has 1 saturated carbocycles. The second-order valence-corrected chi connectivity index (χ2v) is 9.04. The minimum atomic E-state index is -3.44. The number of aromatic hydroxyl groups is 1. The first kappa shape index (κ1) is 19.6. The van der Waals surface area contributed by atoms with E-state index in [4.69, 9.17) is 0 Å². The molecule has 140 valence electrons. The molecule has 1 aliphatic rings. The summed E-state index contributed by atoms with van der Waals surface area (Å²) in [6.07, 6.45) is 6.24. The van der Waals surface area contributed by atoms with Gasteiger partial charge in [-0.25, -0.2) is 8.42 Å². The topological polar surface area (TPSA) is 95.5 Å². The highest BCUT2D eigenvalue weighted by molar-refractivity contribution is 7.92. The van der Waals surface area contributed by atoms with Gasteiger partial charge in [0.25, 0.3) is 5.91 Å². The largest absolute Gasteiger partial charge is 0.507 e. The molecule has 2 rings (SSSR count). The number of rotatable bonds is 5. The van der Waals surface area contributed by atoms with E-state index < -0.39 is 10.0 Å². The highest BCUT2D eigenvalue weighted by Gasteiger charge is 2.23. The van der Waals surface area contributed by atoms with Crippen LogP contribution in [0.25, 0.3) is 0 Å². The number of benzene rings is 1. The molecule has 0 aliphatic heterocycles. The Bertz CT molecular complexity index is 716. The third-order valence-corrected chi connectivity index (χ3v) is 5.44. The van der Waals surface area contributed by atoms with Crippen molar-refractivity contribution in [3.05, 3.63) is 23.8 Å². The number of anilines is 1. The van der Waals surface area contributed by atoms with Crippen molar-refractivity contribution >= 4 is 21.6 Å². The van der Waals surface area contributed by atoms with E-state index in [1.165, 1.54) is 24.6 Å². The molecule has 1 amide bonds. The van der Waals surface area contributed by atoms with E-state index in [-0.39, 0.29) is 28.9 Å². The Kier molecular flexibility index (Phi) is 6.32. The third kappa shape index (κ3) is 5.92. The highest BCUT2D eigenvalue weighted by Crippen LogP contribution is 2.29. The molecule has 0 saturated heterocycles. The summed E-state index contributed by atoms with van der Waals surface area (Å²) >= 11 is 0. The minimum Gasteiger partial charge on any atom is -0.507 e. The van der Waals surface area contributed by atoms with Crippen molar-refractivity contribution in [2.75, 3.05) is 11.0 Å². The Hall–Kier alpha value is -1.76. The van der Waals surface area contributed by atoms with Gasteiger partial charge in [0.15, 0.2) is 0 Å². The summed E-state index contributed by atoms with van der Waals surface area (Å²) in [6.45, 7) is 4.48. The van der Waals surface area contributed by atoms with Gasteiger partial charge in [0.1, 0.15) is 5.75 Å². The van der Waals surface area contributed by atoms with Crippen molar-refractivity contribution in [3.8, 4) is 5.75 Å². The van der Waals surface area contributed by atoms with Crippen molar-refractivity contribution in [2.45, 2.75) is 52.0 Å². The SMILES string of the molecule is CC(C)[C@H]1CCC[C@@H](NC(=O)c2cc(NS(C)(=O)=O)ccc2O)CC1. The van der Waals surface area contributed by atoms with Crippen LogP contribution in [0.5, 0.6) is 5.75 Å². The number of carbonyl (C=O) groups excluding carboxylic acids is 1. The van der Waals surface area contributed by atoms with Gasteiger partial charge in [-0.15, -0.1) is 0 Å². The number of phenolic OH excluding ortho intramolecular Hbond substituents is 1. The van der Waals surface area contributed by atoms with Crippen molar-refractivity contribution in [1.29, 1.82) is 0 Å². The van der Waals surface area contributed by atoms with Gasteiger partial charge in [-0.2, -0.15) is 0 Å². The molecule has 0 heterocycles. The van der Waals surface area contributed by atoms with E-state index in [0.717, 1.165) is 31.9 Å². The Morgan fingerprint density at radius 3 is 2.56 bits per heavy atom. The van der Waals surface area contributed by atoms with Gasteiger partial charge >= 0.3 is 0 Å². The van der Waals surface area contributed by atoms with Crippen LogP contribution in [0.4, 0.5) is 5.69 Å². The van der Waals surface area contributed by atoms with Crippen molar-refractivity contribution < 1.29 is 18.3 Å². The van der Waals surface area contributed by atoms with E-state index in [9.17, 15) is 18.3 Å². The number of amides is 1. The maximum absolute atomic E-state index is 12.5. The quantitative estimate of drug-likeness (QED) is 0.550. The number of nitrogens with one attached hydrogen (secondary N) is 2. The van der Waals surface area contributed by atoms with E-state index in [1.54, 1.807) is 0 Å². The van der Waals surface area contributed by atoms with Gasteiger partial charge in [-0.3, -0.25) is 9.52 Å². The van der Waals surface area contributed by atoms with Gasteiger partial charge in [-0.1, -0.05) is 26.7 Å². The van der Waals surface area contributed by atoms with Crippen LogP contribution in [0.15, 0.2) is 18.2 Å². The standard InChI is InChI=1S/C18H28N2O4S/c1-12(2)13-5-4-6-14(8-7-13)19-18(22)16-11-15(9-10-17(16)21)20-25(3,23)24/h9-14,20-21H,4-8H2,1-3H3,(H,19,22)/t13-,14+/m0/s1. The lowest BCUT2D eigenvalue weighted by atomic mass is 9.89. The molecule has 1 fully saturated rings. The summed E-state index contributed by atoms with van der Waals surface area (Å²) in [5.74, 6) is 0.808. The van der Waals surface area contributed by atoms with Crippen LogP contribution in [0.3, 0.4) is 0 Å². The van der Waals surface area contributed by atoms with Gasteiger partial charge < -0.3 is 10.4 Å². The molecule has 1 aromatic rings. The Morgan fingerprint density at radius 2 is 1.92 bits per heavy atom. The summed E-state index contributed by atoms with van der Waals surface area (Å²) < 4.78 is 25.0. The van der Waals surface area contributed by atoms with Crippen LogP contribution < -0.4 is 10.0 Å². The molecule has 0 radical (unpaired) electrons. The van der Waals surface area contributed by atoms with Crippen LogP contribution in [-0.4, -0.2) is 31.7 Å². The minimum absolute atomic E-state index is 0.0818. The lowest BCUT2D eigenvalue weighted by Crippen LogP contribution is -2.34. The van der Waals surface area contributed by atoms with Gasteiger partial charge in [0.05, 0.1) is 11.8 Å². The third-order valence-electron chi connectivity index (χ3n) is 4.84. The molecular formula is C18H28N2O4S. The maximum atomic E-state index is 12.5. The van der Waals surface area contributed by atoms with Gasteiger partial charge in [0, 0.05) is 11.7 Å². The van der Waals surface area contributed by atoms with Crippen molar-refractivity contribution in [3.63, 3.8) is 0 Å². The molecule has 1 aromatic carbocycles. The molecule has 3 N–H and O–H groups in total. The first-order valence-corrected chi connectivity index (χ1v) is 10.7. The molecular weight excluding hydrogens is 340 g/mol. The molecule has 7 heteroatoms. The highest BCUT2D eigenvalue weighted by atomic mass is 32.2. The number of sulfonamides is 1. The summed E-state index contributed by atoms with van der Waals surface area (Å²) in [7, 11) is -3.44. The van der Waals surface area contributed by atoms with Gasteiger partial charge in [-0.05, 0) is 49.3 Å². The second-order valence-electron chi connectivity index (χ2n) is 7.29. The summed E-state index contributed by atoms with van der Waals surface area (Å²) in [5.41, 5.74) is 0.337. The molecule has 0 aromatic heterocycles. The molecule has 0 unspecified atom stereocenters. The van der Waals surface area contributed by atoms with E-state index in [2.05, 4.69) is 23.9 Å². The van der Waals surface area contributed by atoms with E-state index >= 15 is 0 Å². The van der Waals surface area contributed by atoms with Crippen LogP contribution in [-0.2, 0) is 10.0 Å². The molecule has 0 spiro atoms. The summed E-state index contributed by atoms with van der Waals surface area (Å²) in [4.78, 5) is 12.5. The smallest absolute Gasteiger partial charge is 0.255 e. The Labute approximate surface area is 150 Å². The van der Waals surface area contributed by atoms with Crippen LogP contribution in [0, 0.1) is 11.8 Å². The first-order valence-electron chi connectivity index (χ1n) is 8.77. The van der Waals surface area contributed by atoms with E-state index in [0.29, 0.717) is 11.8 Å². The fourth-order valence-corrected chi connectivity index (χ4v) is 3.96. The van der Waals surface area contributed by atoms with Crippen molar-refractivity contribution in [1.82, 2.24) is 5.32 Å². The number of carbonyl (C=O) groups is 1.